The number of thioether (sulfide) groups is 1. The van der Waals surface area contributed by atoms with Crippen LogP contribution in [-0.2, 0) is 11.8 Å². The molecule has 0 radical (unpaired) electrons. The van der Waals surface area contributed by atoms with Gasteiger partial charge in [0.2, 0.25) is 5.78 Å². The van der Waals surface area contributed by atoms with Gasteiger partial charge in [0.15, 0.2) is 5.75 Å². The van der Waals surface area contributed by atoms with E-state index in [4.69, 9.17) is 4.74 Å². The molecule has 3 aromatic rings. The average molecular weight is 378 g/mol. The Bertz CT molecular complexity index is 1230. The van der Waals surface area contributed by atoms with Gasteiger partial charge in [0.25, 0.3) is 11.5 Å². The Kier molecular flexibility index (Phi) is 3.13. The molecule has 6 nitrogen and oxygen atoms in total. The molecule has 1 aromatic heterocycles. The number of fused-ring (bicyclic) bond motifs is 4. The fourth-order valence-corrected chi connectivity index (χ4v) is 4.99. The van der Waals surface area contributed by atoms with Crippen molar-refractivity contribution in [3.05, 3.63) is 64.4 Å². The number of amides is 1. The van der Waals surface area contributed by atoms with Gasteiger partial charge in [-0.1, -0.05) is 36.0 Å². The predicted octanol–water partition coefficient (Wildman–Crippen LogP) is 2.58. The summed E-state index contributed by atoms with van der Waals surface area (Å²) >= 11 is 0.902. The smallest absolute Gasteiger partial charge is 0.300 e. The zero-order chi connectivity index (χ0) is 18.9. The third kappa shape index (κ3) is 1.89. The fraction of sp³-hybridized carbons (Fsp3) is 0.150. The first kappa shape index (κ1) is 16.1. The van der Waals surface area contributed by atoms with Crippen molar-refractivity contribution in [2.24, 2.45) is 7.05 Å². The van der Waals surface area contributed by atoms with E-state index in [9.17, 15) is 14.4 Å². The number of anilines is 1. The van der Waals surface area contributed by atoms with Crippen LogP contribution in [0.1, 0.15) is 10.4 Å². The Labute approximate surface area is 158 Å². The van der Waals surface area contributed by atoms with E-state index >= 15 is 0 Å². The lowest BCUT2D eigenvalue weighted by atomic mass is 9.97. The number of likely N-dealkylation sites (N-methyl/N-ethyl adjacent to an activating group) is 1. The zero-order valence-corrected chi connectivity index (χ0v) is 15.4. The lowest BCUT2D eigenvalue weighted by molar-refractivity contribution is -0.124. The van der Waals surface area contributed by atoms with Crippen LogP contribution in [0, 0.1) is 0 Å². The van der Waals surface area contributed by atoms with E-state index < -0.39 is 16.6 Å². The second-order valence-corrected chi connectivity index (χ2v) is 7.76. The Morgan fingerprint density at radius 3 is 2.48 bits per heavy atom. The summed E-state index contributed by atoms with van der Waals surface area (Å²) in [6.07, 6.45) is 0. The van der Waals surface area contributed by atoms with E-state index in [1.807, 2.05) is 24.3 Å². The molecule has 0 saturated carbocycles. The first-order valence-electron chi connectivity index (χ1n) is 8.37. The number of benzene rings is 2. The molecule has 2 aliphatic rings. The molecule has 3 heterocycles. The Morgan fingerprint density at radius 2 is 1.67 bits per heavy atom. The van der Waals surface area contributed by atoms with Crippen LogP contribution >= 0.6 is 11.8 Å². The van der Waals surface area contributed by atoms with Gasteiger partial charge in [0, 0.05) is 25.0 Å². The number of rotatable bonds is 0. The molecule has 1 spiro atoms. The quantitative estimate of drug-likeness (QED) is 0.563. The van der Waals surface area contributed by atoms with Crippen LogP contribution in [0.25, 0.3) is 10.9 Å². The highest BCUT2D eigenvalue weighted by Gasteiger charge is 2.60. The summed E-state index contributed by atoms with van der Waals surface area (Å²) in [7, 11) is 3.28. The first-order valence-corrected chi connectivity index (χ1v) is 9.19. The molecule has 0 bridgehead atoms. The van der Waals surface area contributed by atoms with E-state index in [1.165, 1.54) is 9.47 Å². The third-order valence-corrected chi connectivity index (χ3v) is 6.40. The van der Waals surface area contributed by atoms with Gasteiger partial charge in [-0.05, 0) is 24.3 Å². The lowest BCUT2D eigenvalue weighted by Crippen LogP contribution is -2.57. The van der Waals surface area contributed by atoms with Gasteiger partial charge in [-0.2, -0.15) is 0 Å². The molecule has 2 aromatic carbocycles. The van der Waals surface area contributed by atoms with E-state index in [1.54, 1.807) is 38.4 Å². The largest absolute Gasteiger partial charge is 0.457 e. The number of ketones is 1. The number of aryl methyl sites for hydroxylation is 1. The minimum atomic E-state index is -1.80. The van der Waals surface area contributed by atoms with Crippen molar-refractivity contribution in [3.63, 3.8) is 0 Å². The molecular formula is C20H14N2O4S. The molecule has 0 aliphatic carbocycles. The number of ether oxygens (including phenoxy) is 1. The number of para-hydroxylation sites is 2. The van der Waals surface area contributed by atoms with Gasteiger partial charge in [-0.3, -0.25) is 14.4 Å². The van der Waals surface area contributed by atoms with E-state index in [0.717, 1.165) is 11.8 Å². The van der Waals surface area contributed by atoms with Gasteiger partial charge < -0.3 is 14.2 Å². The highest BCUT2D eigenvalue weighted by Crippen LogP contribution is 2.52. The van der Waals surface area contributed by atoms with Gasteiger partial charge in [-0.15, -0.1) is 0 Å². The van der Waals surface area contributed by atoms with E-state index in [0.29, 0.717) is 27.9 Å². The van der Waals surface area contributed by atoms with Crippen molar-refractivity contribution in [1.82, 2.24) is 4.57 Å². The molecule has 1 amide bonds. The van der Waals surface area contributed by atoms with Crippen molar-refractivity contribution in [2.75, 3.05) is 11.9 Å². The number of nitrogens with zero attached hydrogens (tertiary/aromatic N) is 2. The number of carbonyl (C=O) groups excluding carboxylic acids is 2. The van der Waals surface area contributed by atoms with E-state index in [-0.39, 0.29) is 10.5 Å². The summed E-state index contributed by atoms with van der Waals surface area (Å²) in [5.41, 5.74) is 1.34. The third-order valence-electron chi connectivity index (χ3n) is 5.10. The number of hydrogen-bond acceptors (Lipinski definition) is 5. The average Bonchev–Trinajstić information content (AvgIpc) is 3.11. The van der Waals surface area contributed by atoms with Gasteiger partial charge >= 0.3 is 4.93 Å². The summed E-state index contributed by atoms with van der Waals surface area (Å²) in [6, 6.07) is 14.2. The van der Waals surface area contributed by atoms with Crippen LogP contribution in [0.4, 0.5) is 5.69 Å². The minimum absolute atomic E-state index is 0.283. The maximum Gasteiger partial charge on any atom is 0.300 e. The minimum Gasteiger partial charge on any atom is -0.457 e. The summed E-state index contributed by atoms with van der Waals surface area (Å²) in [5, 5.41) is 0.695. The second kappa shape index (κ2) is 5.23. The molecule has 2 aliphatic heterocycles. The van der Waals surface area contributed by atoms with Crippen LogP contribution in [0.15, 0.2) is 58.2 Å². The highest BCUT2D eigenvalue weighted by atomic mass is 32.2. The fourth-order valence-electron chi connectivity index (χ4n) is 3.68. The zero-order valence-electron chi connectivity index (χ0n) is 14.6. The summed E-state index contributed by atoms with van der Waals surface area (Å²) in [6.45, 7) is 0. The van der Waals surface area contributed by atoms with Crippen LogP contribution in [0.2, 0.25) is 0 Å². The van der Waals surface area contributed by atoms with E-state index in [2.05, 4.69) is 0 Å². The highest BCUT2D eigenvalue weighted by molar-refractivity contribution is 8.02. The van der Waals surface area contributed by atoms with Crippen LogP contribution in [-0.4, -0.2) is 28.2 Å². The maximum absolute atomic E-state index is 13.3. The van der Waals surface area contributed by atoms with Crippen molar-refractivity contribution in [3.8, 4) is 5.75 Å². The normalized spacial score (nSPS) is 20.7. The molecule has 1 unspecified atom stereocenters. The second-order valence-electron chi connectivity index (χ2n) is 6.57. The van der Waals surface area contributed by atoms with Crippen molar-refractivity contribution < 1.29 is 14.3 Å². The standard InChI is InChI=1S/C20H14N2O4S/c1-21-13-9-5-3-7-11(13)15-16(18(21)24)27-20(26-15)17(23)12-8-4-6-10-14(12)22(2)19(20)25/h3-10H,1-2H3. The molecular weight excluding hydrogens is 364 g/mol. The Hall–Kier alpha value is -3.06. The molecule has 0 saturated heterocycles. The molecule has 27 heavy (non-hydrogen) atoms. The predicted molar refractivity (Wildman–Crippen MR) is 103 cm³/mol. The number of Topliss-reactive ketones (excluding diaryl/α,β-unsaturated/α-hetero) is 1. The van der Waals surface area contributed by atoms with Crippen molar-refractivity contribution in [1.29, 1.82) is 0 Å². The molecule has 7 heteroatoms. The molecule has 0 N–H and O–H groups in total. The van der Waals surface area contributed by atoms with Crippen LogP contribution in [0.5, 0.6) is 5.75 Å². The topological polar surface area (TPSA) is 68.6 Å². The summed E-state index contributed by atoms with van der Waals surface area (Å²) in [4.78, 5) is 39.2. The Balaban J connectivity index is 1.78. The molecule has 1 atom stereocenters. The molecule has 134 valence electrons. The number of pyridine rings is 1. The molecule has 0 fully saturated rings. The van der Waals surface area contributed by atoms with Gasteiger partial charge in [-0.25, -0.2) is 0 Å². The first-order chi connectivity index (χ1) is 13.0. The van der Waals surface area contributed by atoms with Crippen LogP contribution in [0.3, 0.4) is 0 Å². The number of carbonyl (C=O) groups is 2. The summed E-state index contributed by atoms with van der Waals surface area (Å²) < 4.78 is 7.56. The van der Waals surface area contributed by atoms with Gasteiger partial charge in [0.1, 0.15) is 4.90 Å². The monoisotopic (exact) mass is 378 g/mol. The SMILES string of the molecule is CN1C(=O)C2(Oc3c(c(=O)n(C)c4ccccc34)S2)C(=O)c2ccccc21. The number of aromatic nitrogens is 1. The van der Waals surface area contributed by atoms with Crippen molar-refractivity contribution in [2.45, 2.75) is 9.83 Å². The summed E-state index contributed by atoms with van der Waals surface area (Å²) in [5.74, 6) is -0.625. The Morgan fingerprint density at radius 1 is 0.963 bits per heavy atom. The number of hydrogen-bond donors (Lipinski definition) is 0. The van der Waals surface area contributed by atoms with Crippen LogP contribution < -0.4 is 15.2 Å². The van der Waals surface area contributed by atoms with Crippen molar-refractivity contribution >= 4 is 40.0 Å². The van der Waals surface area contributed by atoms with Gasteiger partial charge in [0.05, 0.1) is 11.2 Å². The maximum atomic E-state index is 13.3. The molecule has 5 rings (SSSR count). The lowest BCUT2D eigenvalue weighted by Gasteiger charge is -2.35.